The first-order valence-corrected chi connectivity index (χ1v) is 6.87. The number of hydrogen-bond acceptors (Lipinski definition) is 7. The number of nitro benzene ring substituents is 1. The molecule has 0 aliphatic carbocycles. The van der Waals surface area contributed by atoms with Gasteiger partial charge in [-0.25, -0.2) is 4.39 Å². The average molecular weight is 360 g/mol. The van der Waals surface area contributed by atoms with Crippen molar-refractivity contribution in [2.75, 3.05) is 5.43 Å². The number of hydrogen-bond donors (Lipinski definition) is 1. The maximum Gasteiger partial charge on any atom is 0.275 e. The van der Waals surface area contributed by atoms with Crippen LogP contribution >= 0.6 is 11.6 Å². The fourth-order valence-corrected chi connectivity index (χ4v) is 1.85. The monoisotopic (exact) mass is 359 g/mol. The summed E-state index contributed by atoms with van der Waals surface area (Å²) in [6.07, 6.45) is 0. The second-order valence-electron chi connectivity index (χ2n) is 4.45. The molecule has 0 amide bonds. The second kappa shape index (κ2) is 7.73. The van der Waals surface area contributed by atoms with E-state index in [9.17, 15) is 14.5 Å². The SMILES string of the molecule is N#CC(C#N)=NNc1cc(Oc2ccc(F)c(Cl)c2)cc([N+](=O)[O-])c1. The van der Waals surface area contributed by atoms with Gasteiger partial charge in [-0.15, -0.1) is 0 Å². The standard InChI is InChI=1S/C15H7ClFN5O3/c16-14-6-12(1-2-15(14)17)25-13-4-9(3-11(5-13)22(23)24)20-21-10(7-18)8-19/h1-6,20H. The topological polar surface area (TPSA) is 124 Å². The van der Waals surface area contributed by atoms with Gasteiger partial charge in [0.25, 0.3) is 5.69 Å². The number of hydrazone groups is 1. The zero-order chi connectivity index (χ0) is 18.4. The molecule has 25 heavy (non-hydrogen) atoms. The molecule has 8 nitrogen and oxygen atoms in total. The molecule has 10 heteroatoms. The van der Waals surface area contributed by atoms with Gasteiger partial charge in [0.05, 0.1) is 21.7 Å². The van der Waals surface area contributed by atoms with Crippen LogP contribution in [-0.4, -0.2) is 10.6 Å². The van der Waals surface area contributed by atoms with Crippen molar-refractivity contribution in [2.45, 2.75) is 0 Å². The van der Waals surface area contributed by atoms with Crippen molar-refractivity contribution < 1.29 is 14.1 Å². The molecule has 0 saturated carbocycles. The molecule has 0 saturated heterocycles. The van der Waals surface area contributed by atoms with Gasteiger partial charge in [0.15, 0.2) is 0 Å². The molecular formula is C15H7ClFN5O3. The maximum absolute atomic E-state index is 13.2. The summed E-state index contributed by atoms with van der Waals surface area (Å²) in [6, 6.07) is 10.3. The number of anilines is 1. The Morgan fingerprint density at radius 2 is 1.96 bits per heavy atom. The minimum Gasteiger partial charge on any atom is -0.457 e. The van der Waals surface area contributed by atoms with Gasteiger partial charge in [0, 0.05) is 18.2 Å². The second-order valence-corrected chi connectivity index (χ2v) is 4.85. The van der Waals surface area contributed by atoms with Crippen LogP contribution in [0.25, 0.3) is 0 Å². The highest BCUT2D eigenvalue weighted by atomic mass is 35.5. The Labute approximate surface area is 145 Å². The van der Waals surface area contributed by atoms with Crippen molar-refractivity contribution in [2.24, 2.45) is 5.10 Å². The fraction of sp³-hybridized carbons (Fsp3) is 0. The number of nitriles is 2. The number of nitrogens with one attached hydrogen (secondary N) is 1. The van der Waals surface area contributed by atoms with Crippen LogP contribution in [0.2, 0.25) is 5.02 Å². The van der Waals surface area contributed by atoms with E-state index in [1.165, 1.54) is 30.3 Å². The number of benzene rings is 2. The smallest absolute Gasteiger partial charge is 0.275 e. The first kappa shape index (κ1) is 17.7. The molecule has 124 valence electrons. The summed E-state index contributed by atoms with van der Waals surface area (Å²) < 4.78 is 18.6. The van der Waals surface area contributed by atoms with Crippen LogP contribution in [0, 0.1) is 38.6 Å². The zero-order valence-corrected chi connectivity index (χ0v) is 13.0. The van der Waals surface area contributed by atoms with E-state index in [2.05, 4.69) is 10.5 Å². The highest BCUT2D eigenvalue weighted by Crippen LogP contribution is 2.31. The summed E-state index contributed by atoms with van der Waals surface area (Å²) in [5.74, 6) is -0.425. The van der Waals surface area contributed by atoms with Gasteiger partial charge in [-0.3, -0.25) is 15.5 Å². The lowest BCUT2D eigenvalue weighted by Gasteiger charge is -2.08. The molecule has 0 atom stereocenters. The number of rotatable bonds is 5. The number of non-ortho nitro benzene ring substituents is 1. The number of nitro groups is 1. The molecule has 0 spiro atoms. The Hall–Kier alpha value is -3.69. The molecule has 0 aliphatic rings. The van der Waals surface area contributed by atoms with Crippen molar-refractivity contribution in [1.82, 2.24) is 0 Å². The van der Waals surface area contributed by atoms with Gasteiger partial charge in [-0.1, -0.05) is 11.6 Å². The highest BCUT2D eigenvalue weighted by Gasteiger charge is 2.12. The van der Waals surface area contributed by atoms with Crippen molar-refractivity contribution in [3.05, 3.63) is 57.4 Å². The molecule has 0 aromatic heterocycles. The summed E-state index contributed by atoms with van der Waals surface area (Å²) in [6.45, 7) is 0. The number of nitrogens with zero attached hydrogens (tertiary/aromatic N) is 4. The largest absolute Gasteiger partial charge is 0.457 e. The van der Waals surface area contributed by atoms with E-state index < -0.39 is 16.5 Å². The summed E-state index contributed by atoms with van der Waals surface area (Å²) in [5, 5.41) is 31.6. The van der Waals surface area contributed by atoms with Gasteiger partial charge in [0.1, 0.15) is 29.5 Å². The van der Waals surface area contributed by atoms with Crippen molar-refractivity contribution >= 4 is 28.7 Å². The summed E-state index contributed by atoms with van der Waals surface area (Å²) in [4.78, 5) is 10.4. The van der Waals surface area contributed by atoms with E-state index in [4.69, 9.17) is 26.9 Å². The Balaban J connectivity index is 2.35. The minimum atomic E-state index is -0.658. The van der Waals surface area contributed by atoms with Crippen molar-refractivity contribution in [3.8, 4) is 23.6 Å². The Kier molecular flexibility index (Phi) is 5.46. The maximum atomic E-state index is 13.2. The Morgan fingerprint density at radius 1 is 1.24 bits per heavy atom. The minimum absolute atomic E-state index is 0.0463. The van der Waals surface area contributed by atoms with Crippen LogP contribution in [-0.2, 0) is 0 Å². The summed E-state index contributed by atoms with van der Waals surface area (Å²) in [7, 11) is 0. The first-order chi connectivity index (χ1) is 11.9. The third-order valence-corrected chi connectivity index (χ3v) is 3.03. The van der Waals surface area contributed by atoms with E-state index in [-0.39, 0.29) is 27.9 Å². The first-order valence-electron chi connectivity index (χ1n) is 6.49. The summed E-state index contributed by atoms with van der Waals surface area (Å²) >= 11 is 5.65. The third-order valence-electron chi connectivity index (χ3n) is 2.74. The van der Waals surface area contributed by atoms with Crippen LogP contribution in [0.5, 0.6) is 11.5 Å². The molecule has 0 aliphatic heterocycles. The average Bonchev–Trinajstić information content (AvgIpc) is 2.59. The molecule has 1 N–H and O–H groups in total. The lowest BCUT2D eigenvalue weighted by molar-refractivity contribution is -0.384. The van der Waals surface area contributed by atoms with Crippen LogP contribution in [0.15, 0.2) is 41.5 Å². The molecule has 0 fully saturated rings. The lowest BCUT2D eigenvalue weighted by Crippen LogP contribution is -1.98. The normalized spacial score (nSPS) is 9.44. The van der Waals surface area contributed by atoms with Gasteiger partial charge in [0.2, 0.25) is 5.71 Å². The quantitative estimate of drug-likeness (QED) is 0.488. The highest BCUT2D eigenvalue weighted by molar-refractivity contribution is 6.30. The molecule has 0 heterocycles. The lowest BCUT2D eigenvalue weighted by atomic mass is 10.2. The van der Waals surface area contributed by atoms with Crippen LogP contribution < -0.4 is 10.2 Å². The van der Waals surface area contributed by atoms with Crippen molar-refractivity contribution in [3.63, 3.8) is 0 Å². The molecule has 2 rings (SSSR count). The fourth-order valence-electron chi connectivity index (χ4n) is 1.68. The van der Waals surface area contributed by atoms with Crippen molar-refractivity contribution in [1.29, 1.82) is 10.5 Å². The number of halogens is 2. The van der Waals surface area contributed by atoms with E-state index in [1.54, 1.807) is 0 Å². The summed E-state index contributed by atoms with van der Waals surface area (Å²) in [5.41, 5.74) is 1.69. The predicted octanol–water partition coefficient (Wildman–Crippen LogP) is 3.99. The number of ether oxygens (including phenoxy) is 1. The molecule has 0 bridgehead atoms. The van der Waals surface area contributed by atoms with Crippen LogP contribution in [0.3, 0.4) is 0 Å². The Morgan fingerprint density at radius 3 is 2.56 bits per heavy atom. The van der Waals surface area contributed by atoms with Gasteiger partial charge < -0.3 is 4.74 Å². The molecule has 0 radical (unpaired) electrons. The van der Waals surface area contributed by atoms with E-state index in [0.717, 1.165) is 18.2 Å². The van der Waals surface area contributed by atoms with Gasteiger partial charge in [-0.2, -0.15) is 15.6 Å². The molecule has 0 unspecified atom stereocenters. The zero-order valence-electron chi connectivity index (χ0n) is 12.2. The van der Waals surface area contributed by atoms with E-state index in [0.29, 0.717) is 0 Å². The molecular weight excluding hydrogens is 353 g/mol. The van der Waals surface area contributed by atoms with E-state index in [1.807, 2.05) is 0 Å². The van der Waals surface area contributed by atoms with Crippen LogP contribution in [0.1, 0.15) is 0 Å². The van der Waals surface area contributed by atoms with Crippen LogP contribution in [0.4, 0.5) is 15.8 Å². The predicted molar refractivity (Wildman–Crippen MR) is 86.9 cm³/mol. The van der Waals surface area contributed by atoms with Gasteiger partial charge >= 0.3 is 0 Å². The molecule has 2 aromatic rings. The van der Waals surface area contributed by atoms with E-state index >= 15 is 0 Å². The third kappa shape index (κ3) is 4.64. The Bertz CT molecular complexity index is 933. The van der Waals surface area contributed by atoms with Gasteiger partial charge in [-0.05, 0) is 12.1 Å². The molecule has 2 aromatic carbocycles.